The standard InChI is InChI=1S/C29H23FN4O/c1-19-22-12-6-5-9-20(22)15-16-33(19)29(35)26-17-27(21-10-3-2-4-11-21)34-28(31-26)18-25(32-34)23-13-7-8-14-24(23)30/h2-14,17-19H,15-16H2,1H3/t19-/m1/s1. The minimum absolute atomic E-state index is 0.0514. The predicted octanol–water partition coefficient (Wildman–Crippen LogP) is 5.96. The minimum atomic E-state index is -0.353. The van der Waals surface area contributed by atoms with Crippen LogP contribution >= 0.6 is 0 Å². The third-order valence-corrected chi connectivity index (χ3v) is 6.72. The number of carbonyl (C=O) groups is 1. The highest BCUT2D eigenvalue weighted by molar-refractivity contribution is 5.94. The molecule has 172 valence electrons. The number of rotatable bonds is 3. The molecule has 0 radical (unpaired) electrons. The van der Waals surface area contributed by atoms with E-state index in [2.05, 4.69) is 29.1 Å². The number of amides is 1. The number of halogens is 1. The average molecular weight is 463 g/mol. The van der Waals surface area contributed by atoms with Gasteiger partial charge in [-0.3, -0.25) is 4.79 Å². The van der Waals surface area contributed by atoms with Crippen LogP contribution in [0.4, 0.5) is 4.39 Å². The molecule has 6 heteroatoms. The molecule has 1 aliphatic rings. The molecule has 0 spiro atoms. The summed E-state index contributed by atoms with van der Waals surface area (Å²) in [6.45, 7) is 2.69. The van der Waals surface area contributed by atoms with Crippen LogP contribution in [0.2, 0.25) is 0 Å². The fourth-order valence-electron chi connectivity index (χ4n) is 4.90. The Hall–Kier alpha value is -4.32. The van der Waals surface area contributed by atoms with E-state index in [1.807, 2.05) is 47.4 Å². The molecule has 1 aliphatic heterocycles. The van der Waals surface area contributed by atoms with E-state index in [1.165, 1.54) is 17.2 Å². The summed E-state index contributed by atoms with van der Waals surface area (Å²) in [6, 6.07) is 28.0. The Labute approximate surface area is 202 Å². The first-order chi connectivity index (χ1) is 17.1. The second-order valence-electron chi connectivity index (χ2n) is 8.80. The fraction of sp³-hybridized carbons (Fsp3) is 0.138. The molecular formula is C29H23FN4O. The number of hydrogen-bond donors (Lipinski definition) is 0. The topological polar surface area (TPSA) is 50.5 Å². The van der Waals surface area contributed by atoms with Crippen molar-refractivity contribution in [1.82, 2.24) is 19.5 Å². The van der Waals surface area contributed by atoms with Gasteiger partial charge in [0, 0.05) is 23.7 Å². The van der Waals surface area contributed by atoms with E-state index < -0.39 is 0 Å². The second kappa shape index (κ2) is 8.47. The molecule has 0 bridgehead atoms. The summed E-state index contributed by atoms with van der Waals surface area (Å²) in [7, 11) is 0. The van der Waals surface area contributed by atoms with Gasteiger partial charge in [-0.05, 0) is 42.7 Å². The van der Waals surface area contributed by atoms with Gasteiger partial charge in [-0.25, -0.2) is 13.9 Å². The van der Waals surface area contributed by atoms with Crippen molar-refractivity contribution < 1.29 is 9.18 Å². The zero-order valence-corrected chi connectivity index (χ0v) is 19.2. The molecule has 0 fully saturated rings. The van der Waals surface area contributed by atoms with Crippen LogP contribution in [-0.2, 0) is 6.42 Å². The molecule has 0 aliphatic carbocycles. The summed E-state index contributed by atoms with van der Waals surface area (Å²) in [6.07, 6.45) is 0.810. The molecule has 3 heterocycles. The molecule has 0 saturated carbocycles. The Morgan fingerprint density at radius 1 is 0.943 bits per heavy atom. The Kier molecular flexibility index (Phi) is 5.14. The zero-order chi connectivity index (χ0) is 23.9. The van der Waals surface area contributed by atoms with Gasteiger partial charge in [-0.1, -0.05) is 66.7 Å². The first-order valence-corrected chi connectivity index (χ1v) is 11.7. The van der Waals surface area contributed by atoms with E-state index in [4.69, 9.17) is 0 Å². The van der Waals surface area contributed by atoms with Crippen LogP contribution in [0, 0.1) is 5.82 Å². The highest BCUT2D eigenvalue weighted by Crippen LogP contribution is 2.32. The predicted molar refractivity (Wildman–Crippen MR) is 133 cm³/mol. The Morgan fingerprint density at radius 3 is 2.51 bits per heavy atom. The third kappa shape index (κ3) is 3.67. The smallest absolute Gasteiger partial charge is 0.273 e. The van der Waals surface area contributed by atoms with Crippen molar-refractivity contribution in [3.05, 3.63) is 114 Å². The molecule has 0 N–H and O–H groups in total. The van der Waals surface area contributed by atoms with Crippen LogP contribution in [0.3, 0.4) is 0 Å². The molecule has 6 rings (SSSR count). The van der Waals surface area contributed by atoms with Gasteiger partial charge in [-0.2, -0.15) is 5.10 Å². The molecule has 35 heavy (non-hydrogen) atoms. The summed E-state index contributed by atoms with van der Waals surface area (Å²) in [5, 5.41) is 4.67. The maximum absolute atomic E-state index is 14.5. The Morgan fingerprint density at radius 2 is 1.69 bits per heavy atom. The van der Waals surface area contributed by atoms with Gasteiger partial charge in [0.15, 0.2) is 5.65 Å². The van der Waals surface area contributed by atoms with Crippen LogP contribution in [0.1, 0.15) is 34.6 Å². The van der Waals surface area contributed by atoms with Crippen LogP contribution in [0.15, 0.2) is 91.0 Å². The van der Waals surface area contributed by atoms with Gasteiger partial charge in [0.25, 0.3) is 5.91 Å². The summed E-state index contributed by atoms with van der Waals surface area (Å²) >= 11 is 0. The number of hydrogen-bond acceptors (Lipinski definition) is 3. The van der Waals surface area contributed by atoms with Gasteiger partial charge in [-0.15, -0.1) is 0 Å². The summed E-state index contributed by atoms with van der Waals surface area (Å²) < 4.78 is 16.2. The first kappa shape index (κ1) is 21.2. The lowest BCUT2D eigenvalue weighted by atomic mass is 9.93. The third-order valence-electron chi connectivity index (χ3n) is 6.72. The number of nitrogens with zero attached hydrogens (tertiary/aromatic N) is 4. The molecule has 0 saturated heterocycles. The van der Waals surface area contributed by atoms with Crippen molar-refractivity contribution in [1.29, 1.82) is 0 Å². The van der Waals surface area contributed by atoms with E-state index in [-0.39, 0.29) is 17.8 Å². The maximum atomic E-state index is 14.5. The van der Waals surface area contributed by atoms with E-state index >= 15 is 0 Å². The molecular weight excluding hydrogens is 439 g/mol. The van der Waals surface area contributed by atoms with Crippen molar-refractivity contribution in [2.45, 2.75) is 19.4 Å². The lowest BCUT2D eigenvalue weighted by Crippen LogP contribution is -2.39. The molecule has 1 amide bonds. The number of aromatic nitrogens is 3. The lowest BCUT2D eigenvalue weighted by molar-refractivity contribution is 0.0672. The van der Waals surface area contributed by atoms with Crippen LogP contribution < -0.4 is 0 Å². The quantitative estimate of drug-likeness (QED) is 0.332. The van der Waals surface area contributed by atoms with E-state index in [1.54, 1.807) is 34.8 Å². The second-order valence-corrected chi connectivity index (χ2v) is 8.80. The number of benzene rings is 3. The molecule has 2 aromatic heterocycles. The molecule has 3 aromatic carbocycles. The van der Waals surface area contributed by atoms with Crippen molar-refractivity contribution in [2.24, 2.45) is 0 Å². The van der Waals surface area contributed by atoms with E-state index in [9.17, 15) is 9.18 Å². The van der Waals surface area contributed by atoms with Gasteiger partial charge in [0.05, 0.1) is 17.4 Å². The van der Waals surface area contributed by atoms with Crippen LogP contribution in [-0.4, -0.2) is 31.9 Å². The van der Waals surface area contributed by atoms with E-state index in [0.717, 1.165) is 17.7 Å². The molecule has 1 atom stereocenters. The maximum Gasteiger partial charge on any atom is 0.273 e. The average Bonchev–Trinajstić information content (AvgIpc) is 3.33. The van der Waals surface area contributed by atoms with Gasteiger partial charge >= 0.3 is 0 Å². The normalized spacial score (nSPS) is 15.3. The summed E-state index contributed by atoms with van der Waals surface area (Å²) in [4.78, 5) is 20.3. The molecule has 5 nitrogen and oxygen atoms in total. The van der Waals surface area contributed by atoms with Crippen LogP contribution in [0.25, 0.3) is 28.2 Å². The van der Waals surface area contributed by atoms with Crippen molar-refractivity contribution in [3.8, 4) is 22.5 Å². The van der Waals surface area contributed by atoms with Crippen LogP contribution in [0.5, 0.6) is 0 Å². The summed E-state index contributed by atoms with van der Waals surface area (Å²) in [5.74, 6) is -0.477. The SMILES string of the molecule is C[C@@H]1c2ccccc2CCN1C(=O)c1cc(-c2ccccc2)n2nc(-c3ccccc3F)cc2n1. The Balaban J connectivity index is 1.48. The highest BCUT2D eigenvalue weighted by Gasteiger charge is 2.29. The highest BCUT2D eigenvalue weighted by atomic mass is 19.1. The Bertz CT molecular complexity index is 1560. The van der Waals surface area contributed by atoms with Crippen molar-refractivity contribution in [2.75, 3.05) is 6.54 Å². The number of fused-ring (bicyclic) bond motifs is 2. The summed E-state index contributed by atoms with van der Waals surface area (Å²) in [5.41, 5.74) is 5.79. The van der Waals surface area contributed by atoms with E-state index in [0.29, 0.717) is 29.1 Å². The zero-order valence-electron chi connectivity index (χ0n) is 19.2. The lowest BCUT2D eigenvalue weighted by Gasteiger charge is -2.35. The first-order valence-electron chi connectivity index (χ1n) is 11.7. The molecule has 5 aromatic rings. The van der Waals surface area contributed by atoms with Gasteiger partial charge < -0.3 is 4.90 Å². The fourth-order valence-corrected chi connectivity index (χ4v) is 4.90. The largest absolute Gasteiger partial charge is 0.330 e. The number of carbonyl (C=O) groups excluding carboxylic acids is 1. The van der Waals surface area contributed by atoms with Gasteiger partial charge in [0.1, 0.15) is 11.5 Å². The van der Waals surface area contributed by atoms with Crippen molar-refractivity contribution in [3.63, 3.8) is 0 Å². The van der Waals surface area contributed by atoms with Gasteiger partial charge in [0.2, 0.25) is 0 Å². The van der Waals surface area contributed by atoms with Crippen molar-refractivity contribution >= 4 is 11.6 Å². The monoisotopic (exact) mass is 462 g/mol. The molecule has 0 unspecified atom stereocenters. The minimum Gasteiger partial charge on any atom is -0.330 e.